The van der Waals surface area contributed by atoms with Crippen LogP contribution in [0.25, 0.3) is 0 Å². The number of hydrogen-bond donors (Lipinski definition) is 2. The van der Waals surface area contributed by atoms with Crippen LogP contribution in [0.3, 0.4) is 0 Å². The van der Waals surface area contributed by atoms with Crippen molar-refractivity contribution < 1.29 is 9.90 Å². The third-order valence-corrected chi connectivity index (χ3v) is 3.55. The Labute approximate surface area is 118 Å². The highest BCUT2D eigenvalue weighted by Crippen LogP contribution is 2.20. The van der Waals surface area contributed by atoms with Gasteiger partial charge < -0.3 is 15.7 Å². The molecule has 1 aromatic heterocycles. The van der Waals surface area contributed by atoms with Crippen molar-refractivity contribution in [3.05, 3.63) is 18.0 Å². The van der Waals surface area contributed by atoms with E-state index >= 15 is 0 Å². The van der Waals surface area contributed by atoms with Gasteiger partial charge in [0, 0.05) is 25.3 Å². The second-order valence-corrected chi connectivity index (χ2v) is 5.36. The molecular formula is C13H21N5O2. The molecule has 1 saturated heterocycles. The molecule has 0 aliphatic carbocycles. The largest absolute Gasteiger partial charge is 0.465 e. The Balaban J connectivity index is 2.19. The lowest BCUT2D eigenvalue weighted by Gasteiger charge is -2.42. The first-order chi connectivity index (χ1) is 9.40. The number of hydrogen-bond acceptors (Lipinski definition) is 5. The maximum atomic E-state index is 11.2. The fraction of sp³-hybridized carbons (Fsp3) is 0.615. The summed E-state index contributed by atoms with van der Waals surface area (Å²) in [5.41, 5.74) is 6.62. The summed E-state index contributed by atoms with van der Waals surface area (Å²) in [4.78, 5) is 23.5. The molecule has 20 heavy (non-hydrogen) atoms. The summed E-state index contributed by atoms with van der Waals surface area (Å²) in [6.45, 7) is 6.83. The van der Waals surface area contributed by atoms with Crippen LogP contribution in [0, 0.1) is 0 Å². The highest BCUT2D eigenvalue weighted by Gasteiger charge is 2.33. The highest BCUT2D eigenvalue weighted by molar-refractivity contribution is 5.66. The number of carboxylic acid groups (broad SMARTS) is 1. The second kappa shape index (κ2) is 5.62. The molecule has 0 saturated carbocycles. The summed E-state index contributed by atoms with van der Waals surface area (Å²) in [7, 11) is 0. The first-order valence-electron chi connectivity index (χ1n) is 6.75. The fourth-order valence-corrected chi connectivity index (χ4v) is 2.63. The van der Waals surface area contributed by atoms with E-state index in [1.807, 2.05) is 25.7 Å². The van der Waals surface area contributed by atoms with Gasteiger partial charge in [-0.3, -0.25) is 4.90 Å². The molecule has 1 unspecified atom stereocenters. The van der Waals surface area contributed by atoms with Gasteiger partial charge in [0.05, 0.1) is 17.8 Å². The van der Waals surface area contributed by atoms with Gasteiger partial charge in [-0.1, -0.05) is 0 Å². The summed E-state index contributed by atoms with van der Waals surface area (Å²) in [5.74, 6) is 0.614. The van der Waals surface area contributed by atoms with Crippen molar-refractivity contribution >= 4 is 12.0 Å². The monoisotopic (exact) mass is 279 g/mol. The summed E-state index contributed by atoms with van der Waals surface area (Å²) in [6.07, 6.45) is 0.815. The number of carbonyl (C=O) groups is 1. The van der Waals surface area contributed by atoms with Gasteiger partial charge in [-0.2, -0.15) is 0 Å². The molecule has 0 radical (unpaired) electrons. The molecule has 2 heterocycles. The Bertz CT molecular complexity index is 481. The lowest BCUT2D eigenvalue weighted by atomic mass is 10.1. The lowest BCUT2D eigenvalue weighted by Crippen LogP contribution is -2.58. The molecule has 2 rings (SSSR count). The van der Waals surface area contributed by atoms with E-state index < -0.39 is 6.09 Å². The van der Waals surface area contributed by atoms with Crippen LogP contribution in [0.2, 0.25) is 0 Å². The average molecular weight is 279 g/mol. The SMILES string of the molecule is CC(N)c1ccnc(N2C[C@@H](C)N(C(=O)O)[C@@H](C)C2)n1. The zero-order valence-corrected chi connectivity index (χ0v) is 12.0. The fourth-order valence-electron chi connectivity index (χ4n) is 2.63. The first kappa shape index (κ1) is 14.5. The minimum absolute atomic E-state index is 0.0983. The van der Waals surface area contributed by atoms with E-state index in [4.69, 9.17) is 5.73 Å². The van der Waals surface area contributed by atoms with Crippen LogP contribution in [-0.4, -0.2) is 51.2 Å². The quantitative estimate of drug-likeness (QED) is 0.841. The van der Waals surface area contributed by atoms with Gasteiger partial charge >= 0.3 is 6.09 Å². The Morgan fingerprint density at radius 3 is 2.55 bits per heavy atom. The number of aromatic nitrogens is 2. The summed E-state index contributed by atoms with van der Waals surface area (Å²) in [5, 5.41) is 9.21. The standard InChI is InChI=1S/C13H21N5O2/c1-8-6-17(7-9(2)18(8)13(19)20)12-15-5-4-11(16-12)10(3)14/h4-5,8-10H,6-7,14H2,1-3H3,(H,19,20)/t8-,9+,10?. The molecule has 7 nitrogen and oxygen atoms in total. The normalized spacial score (nSPS) is 24.6. The average Bonchev–Trinajstić information content (AvgIpc) is 2.37. The zero-order chi connectivity index (χ0) is 14.9. The molecule has 3 atom stereocenters. The van der Waals surface area contributed by atoms with Crippen molar-refractivity contribution in [3.63, 3.8) is 0 Å². The highest BCUT2D eigenvalue weighted by atomic mass is 16.4. The van der Waals surface area contributed by atoms with Gasteiger partial charge in [0.15, 0.2) is 0 Å². The third kappa shape index (κ3) is 2.82. The van der Waals surface area contributed by atoms with Gasteiger partial charge in [-0.25, -0.2) is 14.8 Å². The van der Waals surface area contributed by atoms with Crippen molar-refractivity contribution in [3.8, 4) is 0 Å². The molecule has 1 aliphatic rings. The molecule has 1 aromatic rings. The number of nitrogens with two attached hydrogens (primary N) is 1. The Morgan fingerprint density at radius 1 is 1.45 bits per heavy atom. The van der Waals surface area contributed by atoms with Crippen molar-refractivity contribution in [1.29, 1.82) is 0 Å². The second-order valence-electron chi connectivity index (χ2n) is 5.36. The molecule has 110 valence electrons. The van der Waals surface area contributed by atoms with Crippen LogP contribution < -0.4 is 10.6 Å². The van der Waals surface area contributed by atoms with E-state index in [0.29, 0.717) is 19.0 Å². The zero-order valence-electron chi connectivity index (χ0n) is 12.0. The maximum Gasteiger partial charge on any atom is 0.407 e. The van der Waals surface area contributed by atoms with Crippen LogP contribution in [0.15, 0.2) is 12.3 Å². The van der Waals surface area contributed by atoms with Gasteiger partial charge in [0.25, 0.3) is 0 Å². The van der Waals surface area contributed by atoms with Crippen molar-refractivity contribution in [2.45, 2.75) is 38.9 Å². The van der Waals surface area contributed by atoms with E-state index in [2.05, 4.69) is 9.97 Å². The van der Waals surface area contributed by atoms with Gasteiger partial charge in [-0.15, -0.1) is 0 Å². The number of nitrogens with zero attached hydrogens (tertiary/aromatic N) is 4. The van der Waals surface area contributed by atoms with Crippen molar-refractivity contribution in [2.24, 2.45) is 5.73 Å². The van der Waals surface area contributed by atoms with Gasteiger partial charge in [-0.05, 0) is 26.8 Å². The van der Waals surface area contributed by atoms with Crippen LogP contribution >= 0.6 is 0 Å². The topological polar surface area (TPSA) is 95.6 Å². The van der Waals surface area contributed by atoms with Gasteiger partial charge in [0.2, 0.25) is 5.95 Å². The number of rotatable bonds is 2. The molecule has 0 bridgehead atoms. The van der Waals surface area contributed by atoms with Crippen molar-refractivity contribution in [2.75, 3.05) is 18.0 Å². The van der Waals surface area contributed by atoms with E-state index in [0.717, 1.165) is 5.69 Å². The van der Waals surface area contributed by atoms with E-state index in [1.165, 1.54) is 4.90 Å². The maximum absolute atomic E-state index is 11.2. The molecule has 1 amide bonds. The Hall–Kier alpha value is -1.89. The smallest absolute Gasteiger partial charge is 0.407 e. The van der Waals surface area contributed by atoms with E-state index in [9.17, 15) is 9.90 Å². The molecule has 1 fully saturated rings. The number of anilines is 1. The Morgan fingerprint density at radius 2 is 2.05 bits per heavy atom. The van der Waals surface area contributed by atoms with Crippen LogP contribution in [0.1, 0.15) is 32.5 Å². The van der Waals surface area contributed by atoms with Gasteiger partial charge in [0.1, 0.15) is 0 Å². The van der Waals surface area contributed by atoms with Crippen LogP contribution in [0.4, 0.5) is 10.7 Å². The molecule has 1 aliphatic heterocycles. The van der Waals surface area contributed by atoms with E-state index in [-0.39, 0.29) is 18.1 Å². The predicted molar refractivity (Wildman–Crippen MR) is 75.6 cm³/mol. The molecule has 0 spiro atoms. The van der Waals surface area contributed by atoms with Crippen LogP contribution in [-0.2, 0) is 0 Å². The van der Waals surface area contributed by atoms with E-state index in [1.54, 1.807) is 12.3 Å². The summed E-state index contributed by atoms with van der Waals surface area (Å²) < 4.78 is 0. The minimum Gasteiger partial charge on any atom is -0.465 e. The third-order valence-electron chi connectivity index (χ3n) is 3.55. The Kier molecular flexibility index (Phi) is 4.08. The van der Waals surface area contributed by atoms with Crippen molar-refractivity contribution in [1.82, 2.24) is 14.9 Å². The predicted octanol–water partition coefficient (Wildman–Crippen LogP) is 1.07. The summed E-state index contributed by atoms with van der Waals surface area (Å²) >= 11 is 0. The number of piperazine rings is 1. The minimum atomic E-state index is -0.880. The lowest BCUT2D eigenvalue weighted by molar-refractivity contribution is 0.0979. The molecular weight excluding hydrogens is 258 g/mol. The molecule has 7 heteroatoms. The van der Waals surface area contributed by atoms with Crippen LogP contribution in [0.5, 0.6) is 0 Å². The number of amides is 1. The molecule has 0 aromatic carbocycles. The first-order valence-corrected chi connectivity index (χ1v) is 6.75. The summed E-state index contributed by atoms with van der Waals surface area (Å²) in [6, 6.07) is 1.46. The molecule has 3 N–H and O–H groups in total.